The minimum Gasteiger partial charge on any atom is -0.493 e. The van der Waals surface area contributed by atoms with E-state index in [4.69, 9.17) is 14.2 Å². The third-order valence-electron chi connectivity index (χ3n) is 3.04. The zero-order valence-corrected chi connectivity index (χ0v) is 13.1. The number of hydrogen-bond donors (Lipinski definition) is 0. The largest absolute Gasteiger partial charge is 0.493 e. The molecule has 2 aromatic carbocycles. The lowest BCUT2D eigenvalue weighted by Gasteiger charge is -2.12. The van der Waals surface area contributed by atoms with Crippen molar-refractivity contribution in [1.82, 2.24) is 0 Å². The number of nitrogens with zero attached hydrogens (tertiary/aromatic N) is 2. The number of halogens is 1. The lowest BCUT2D eigenvalue weighted by atomic mass is 10.2. The average Bonchev–Trinajstić information content (AvgIpc) is 2.59. The molecule has 0 radical (unpaired) electrons. The molecule has 2 rings (SSSR count). The van der Waals surface area contributed by atoms with E-state index >= 15 is 0 Å². The Hall–Kier alpha value is -2.89. The van der Waals surface area contributed by atoms with Gasteiger partial charge in [-0.1, -0.05) is 12.1 Å². The predicted octanol–water partition coefficient (Wildman–Crippen LogP) is 3.30. The molecule has 0 unspecified atom stereocenters. The molecule has 5 nitrogen and oxygen atoms in total. The monoisotopic (exact) mass is 316 g/mol. The summed E-state index contributed by atoms with van der Waals surface area (Å²) in [5, 5.41) is 7.89. The van der Waals surface area contributed by atoms with Crippen LogP contribution < -0.4 is 14.2 Å². The van der Waals surface area contributed by atoms with E-state index in [2.05, 4.69) is 10.2 Å². The van der Waals surface area contributed by atoms with Gasteiger partial charge < -0.3 is 14.2 Å². The highest BCUT2D eigenvalue weighted by Gasteiger charge is 2.12. The van der Waals surface area contributed by atoms with Crippen molar-refractivity contribution >= 4 is 12.4 Å². The van der Waals surface area contributed by atoms with Crippen molar-refractivity contribution in [3.8, 4) is 17.2 Å². The van der Waals surface area contributed by atoms with Gasteiger partial charge in [0, 0.05) is 5.56 Å². The SMILES string of the molecule is COc1cc(/C=N/N=C/c2ccc(F)cc2)cc(OC)c1OC. The molecule has 6 heteroatoms. The van der Waals surface area contributed by atoms with Gasteiger partial charge in [-0.2, -0.15) is 10.2 Å². The van der Waals surface area contributed by atoms with Gasteiger partial charge in [0.1, 0.15) is 5.82 Å². The van der Waals surface area contributed by atoms with Crippen LogP contribution in [0, 0.1) is 5.82 Å². The highest BCUT2D eigenvalue weighted by molar-refractivity contribution is 5.84. The first-order valence-electron chi connectivity index (χ1n) is 6.80. The van der Waals surface area contributed by atoms with Crippen molar-refractivity contribution in [2.45, 2.75) is 0 Å². The van der Waals surface area contributed by atoms with Crippen LogP contribution in [0.3, 0.4) is 0 Å². The first-order chi connectivity index (χ1) is 11.2. The Labute approximate surface area is 134 Å². The quantitative estimate of drug-likeness (QED) is 0.607. The molecule has 0 amide bonds. The van der Waals surface area contributed by atoms with E-state index < -0.39 is 0 Å². The lowest BCUT2D eigenvalue weighted by Crippen LogP contribution is -1.96. The number of benzene rings is 2. The molecule has 0 saturated carbocycles. The fraction of sp³-hybridized carbons (Fsp3) is 0.176. The Morgan fingerprint density at radius 2 is 1.30 bits per heavy atom. The fourth-order valence-corrected chi connectivity index (χ4v) is 1.92. The predicted molar refractivity (Wildman–Crippen MR) is 87.7 cm³/mol. The number of methoxy groups -OCH3 is 3. The molecular formula is C17H17FN2O3. The summed E-state index contributed by atoms with van der Waals surface area (Å²) < 4.78 is 28.6. The second kappa shape index (κ2) is 7.93. The van der Waals surface area contributed by atoms with Gasteiger partial charge >= 0.3 is 0 Å². The van der Waals surface area contributed by atoms with Crippen molar-refractivity contribution < 1.29 is 18.6 Å². The van der Waals surface area contributed by atoms with Gasteiger partial charge in [0.2, 0.25) is 5.75 Å². The molecule has 0 aliphatic heterocycles. The van der Waals surface area contributed by atoms with Crippen molar-refractivity contribution in [3.63, 3.8) is 0 Å². The molecule has 120 valence electrons. The molecule has 0 N–H and O–H groups in total. The molecule has 0 heterocycles. The summed E-state index contributed by atoms with van der Waals surface area (Å²) in [6.45, 7) is 0. The van der Waals surface area contributed by atoms with E-state index in [-0.39, 0.29) is 5.82 Å². The highest BCUT2D eigenvalue weighted by Crippen LogP contribution is 2.37. The molecule has 0 aliphatic carbocycles. The van der Waals surface area contributed by atoms with Crippen molar-refractivity contribution in [3.05, 3.63) is 53.3 Å². The van der Waals surface area contributed by atoms with Crippen LogP contribution in [0.2, 0.25) is 0 Å². The summed E-state index contributed by atoms with van der Waals surface area (Å²) in [5.74, 6) is 1.30. The molecule has 0 aliphatic rings. The van der Waals surface area contributed by atoms with Crippen molar-refractivity contribution in [2.75, 3.05) is 21.3 Å². The number of rotatable bonds is 6. The lowest BCUT2D eigenvalue weighted by molar-refractivity contribution is 0.324. The molecule has 0 aromatic heterocycles. The molecule has 0 bridgehead atoms. The maximum atomic E-state index is 12.8. The smallest absolute Gasteiger partial charge is 0.203 e. The first kappa shape index (κ1) is 16.5. The maximum Gasteiger partial charge on any atom is 0.203 e. The van der Waals surface area contributed by atoms with Crippen LogP contribution >= 0.6 is 0 Å². The fourth-order valence-electron chi connectivity index (χ4n) is 1.92. The summed E-state index contributed by atoms with van der Waals surface area (Å²) in [7, 11) is 4.64. The summed E-state index contributed by atoms with van der Waals surface area (Å²) in [6, 6.07) is 9.49. The van der Waals surface area contributed by atoms with Crippen LogP contribution in [0.15, 0.2) is 46.6 Å². The zero-order valence-electron chi connectivity index (χ0n) is 13.1. The molecule has 0 fully saturated rings. The standard InChI is InChI=1S/C17H17FN2O3/c1-21-15-8-13(9-16(22-2)17(15)23-3)11-20-19-10-12-4-6-14(18)7-5-12/h4-11H,1-3H3/b19-10+,20-11+. The Morgan fingerprint density at radius 1 is 0.783 bits per heavy atom. The van der Waals surface area contributed by atoms with Gasteiger partial charge in [-0.3, -0.25) is 0 Å². The van der Waals surface area contributed by atoms with E-state index in [9.17, 15) is 4.39 Å². The molecular weight excluding hydrogens is 299 g/mol. The first-order valence-corrected chi connectivity index (χ1v) is 6.80. The van der Waals surface area contributed by atoms with E-state index in [0.29, 0.717) is 17.2 Å². The number of ether oxygens (including phenoxy) is 3. The van der Waals surface area contributed by atoms with Crippen LogP contribution in [-0.2, 0) is 0 Å². The summed E-state index contributed by atoms with van der Waals surface area (Å²) >= 11 is 0. The third kappa shape index (κ3) is 4.29. The minimum absolute atomic E-state index is 0.289. The Morgan fingerprint density at radius 3 is 1.78 bits per heavy atom. The van der Waals surface area contributed by atoms with Gasteiger partial charge in [0.15, 0.2) is 11.5 Å². The summed E-state index contributed by atoms with van der Waals surface area (Å²) in [4.78, 5) is 0. The van der Waals surface area contributed by atoms with E-state index in [1.54, 1.807) is 51.8 Å². The van der Waals surface area contributed by atoms with Gasteiger partial charge in [0.25, 0.3) is 0 Å². The van der Waals surface area contributed by atoms with E-state index in [1.807, 2.05) is 0 Å². The minimum atomic E-state index is -0.289. The van der Waals surface area contributed by atoms with Crippen molar-refractivity contribution in [1.29, 1.82) is 0 Å². The Kier molecular flexibility index (Phi) is 5.68. The molecule has 0 atom stereocenters. The van der Waals surface area contributed by atoms with Gasteiger partial charge in [-0.05, 0) is 29.8 Å². The third-order valence-corrected chi connectivity index (χ3v) is 3.04. The molecule has 23 heavy (non-hydrogen) atoms. The second-order valence-corrected chi connectivity index (χ2v) is 4.50. The van der Waals surface area contributed by atoms with Gasteiger partial charge in [-0.25, -0.2) is 4.39 Å². The number of hydrogen-bond acceptors (Lipinski definition) is 5. The van der Waals surface area contributed by atoms with Crippen LogP contribution in [0.5, 0.6) is 17.2 Å². The van der Waals surface area contributed by atoms with Crippen LogP contribution in [-0.4, -0.2) is 33.8 Å². The topological polar surface area (TPSA) is 52.4 Å². The van der Waals surface area contributed by atoms with E-state index in [1.165, 1.54) is 18.3 Å². The maximum absolute atomic E-state index is 12.8. The normalized spacial score (nSPS) is 11.1. The summed E-state index contributed by atoms with van der Waals surface area (Å²) in [5.41, 5.74) is 1.50. The van der Waals surface area contributed by atoms with Crippen LogP contribution in [0.25, 0.3) is 0 Å². The average molecular weight is 316 g/mol. The van der Waals surface area contributed by atoms with Crippen LogP contribution in [0.4, 0.5) is 4.39 Å². The van der Waals surface area contributed by atoms with E-state index in [0.717, 1.165) is 11.1 Å². The van der Waals surface area contributed by atoms with Crippen molar-refractivity contribution in [2.24, 2.45) is 10.2 Å². The van der Waals surface area contributed by atoms with Gasteiger partial charge in [0.05, 0.1) is 33.8 Å². The van der Waals surface area contributed by atoms with Crippen LogP contribution in [0.1, 0.15) is 11.1 Å². The Balaban J connectivity index is 2.17. The highest BCUT2D eigenvalue weighted by atomic mass is 19.1. The molecule has 0 spiro atoms. The molecule has 0 saturated heterocycles. The Bertz CT molecular complexity index is 687. The summed E-state index contributed by atoms with van der Waals surface area (Å²) in [6.07, 6.45) is 3.10. The second-order valence-electron chi connectivity index (χ2n) is 4.50. The van der Waals surface area contributed by atoms with Gasteiger partial charge in [-0.15, -0.1) is 0 Å². The molecule has 2 aromatic rings. The zero-order chi connectivity index (χ0) is 16.7.